The van der Waals surface area contributed by atoms with Crippen LogP contribution in [0.4, 0.5) is 4.39 Å². The van der Waals surface area contributed by atoms with Gasteiger partial charge >= 0.3 is 0 Å². The summed E-state index contributed by atoms with van der Waals surface area (Å²) in [5.41, 5.74) is 2.45. The number of hydrogen-bond donors (Lipinski definition) is 1. The Hall–Kier alpha value is -2.63. The lowest BCUT2D eigenvalue weighted by molar-refractivity contribution is 0.270. The number of aromatic nitrogens is 1. The molecule has 1 N–H and O–H groups in total. The van der Waals surface area contributed by atoms with Gasteiger partial charge < -0.3 is 15.0 Å². The van der Waals surface area contributed by atoms with E-state index < -0.39 is 0 Å². The average Bonchev–Trinajstić information content (AvgIpc) is 2.61. The smallest absolute Gasteiger partial charge is 0.193 e. The van der Waals surface area contributed by atoms with Gasteiger partial charge in [0.05, 0.1) is 6.54 Å². The lowest BCUT2D eigenvalue weighted by Crippen LogP contribution is -2.41. The van der Waals surface area contributed by atoms with E-state index in [9.17, 15) is 4.39 Å². The Bertz CT molecular complexity index is 705. The average molecular weight is 344 g/mol. The van der Waals surface area contributed by atoms with Crippen molar-refractivity contribution in [1.29, 1.82) is 0 Å². The number of para-hydroxylation sites is 1. The molecule has 25 heavy (non-hydrogen) atoms. The fourth-order valence-electron chi connectivity index (χ4n) is 2.44. The summed E-state index contributed by atoms with van der Waals surface area (Å²) < 4.78 is 19.0. The maximum atomic E-state index is 13.5. The Morgan fingerprint density at radius 3 is 2.84 bits per heavy atom. The first-order chi connectivity index (χ1) is 12.1. The molecule has 0 radical (unpaired) electrons. The van der Waals surface area contributed by atoms with Gasteiger partial charge in [0.15, 0.2) is 17.5 Å². The van der Waals surface area contributed by atoms with Crippen molar-refractivity contribution in [3.8, 4) is 5.75 Å². The van der Waals surface area contributed by atoms with Crippen molar-refractivity contribution in [2.75, 3.05) is 33.8 Å². The number of ether oxygens (including phenoxy) is 1. The fraction of sp³-hybridized carbons (Fsp3) is 0.368. The summed E-state index contributed by atoms with van der Waals surface area (Å²) in [6, 6.07) is 8.44. The molecule has 1 aromatic heterocycles. The molecule has 0 unspecified atom stereocenters. The lowest BCUT2D eigenvalue weighted by Gasteiger charge is -2.22. The minimum absolute atomic E-state index is 0.270. The number of guanidine groups is 1. The number of aliphatic imine (C=N–C) groups is 1. The lowest BCUT2D eigenvalue weighted by atomic mass is 10.1. The number of pyridine rings is 1. The van der Waals surface area contributed by atoms with Crippen LogP contribution in [0.25, 0.3) is 0 Å². The number of aryl methyl sites for hydroxylation is 1. The predicted octanol–water partition coefficient (Wildman–Crippen LogP) is 2.66. The number of benzene rings is 1. The summed E-state index contributed by atoms with van der Waals surface area (Å²) in [7, 11) is 3.67. The number of nitrogens with one attached hydrogen (secondary N) is 1. The van der Waals surface area contributed by atoms with Crippen LogP contribution in [-0.4, -0.2) is 49.6 Å². The SMILES string of the molecule is CN=C(NCCc1ccncc1C)N(C)CCOc1ccccc1F. The largest absolute Gasteiger partial charge is 0.489 e. The van der Waals surface area contributed by atoms with Gasteiger partial charge in [0.2, 0.25) is 0 Å². The number of hydrogen-bond acceptors (Lipinski definition) is 3. The van der Waals surface area contributed by atoms with Crippen LogP contribution in [0.1, 0.15) is 11.1 Å². The highest BCUT2D eigenvalue weighted by molar-refractivity contribution is 5.79. The van der Waals surface area contributed by atoms with E-state index in [0.717, 1.165) is 18.9 Å². The fourth-order valence-corrected chi connectivity index (χ4v) is 2.44. The van der Waals surface area contributed by atoms with Crippen LogP contribution >= 0.6 is 0 Å². The third kappa shape index (κ3) is 5.74. The van der Waals surface area contributed by atoms with Crippen molar-refractivity contribution in [2.24, 2.45) is 4.99 Å². The van der Waals surface area contributed by atoms with Crippen LogP contribution in [0.15, 0.2) is 47.7 Å². The summed E-state index contributed by atoms with van der Waals surface area (Å²) >= 11 is 0. The van der Waals surface area contributed by atoms with Crippen LogP contribution < -0.4 is 10.1 Å². The van der Waals surface area contributed by atoms with Crippen LogP contribution in [0, 0.1) is 12.7 Å². The summed E-state index contributed by atoms with van der Waals surface area (Å²) in [5.74, 6) is 0.705. The standard InChI is InChI=1S/C19H25FN4O/c1-15-14-22-10-8-16(15)9-11-23-19(21-2)24(3)12-13-25-18-7-5-4-6-17(18)20/h4-8,10,14H,9,11-13H2,1-3H3,(H,21,23). The highest BCUT2D eigenvalue weighted by atomic mass is 19.1. The maximum absolute atomic E-state index is 13.5. The molecule has 1 heterocycles. The van der Waals surface area contributed by atoms with Gasteiger partial charge in [-0.2, -0.15) is 0 Å². The third-order valence-electron chi connectivity index (χ3n) is 3.91. The zero-order valence-electron chi connectivity index (χ0n) is 15.0. The van der Waals surface area contributed by atoms with E-state index in [1.54, 1.807) is 25.2 Å². The molecule has 0 aliphatic rings. The molecule has 1 aromatic carbocycles. The van der Waals surface area contributed by atoms with E-state index in [-0.39, 0.29) is 11.6 Å². The third-order valence-corrected chi connectivity index (χ3v) is 3.91. The molecule has 0 aliphatic heterocycles. The summed E-state index contributed by atoms with van der Waals surface area (Å²) in [4.78, 5) is 10.3. The van der Waals surface area contributed by atoms with Gasteiger partial charge in [-0.15, -0.1) is 0 Å². The molecule has 0 spiro atoms. The first-order valence-corrected chi connectivity index (χ1v) is 8.30. The van der Waals surface area contributed by atoms with E-state index in [2.05, 4.69) is 22.2 Å². The Balaban J connectivity index is 1.76. The minimum atomic E-state index is -0.347. The molecule has 0 saturated heterocycles. The molecule has 0 atom stereocenters. The molecule has 0 fully saturated rings. The Morgan fingerprint density at radius 1 is 1.32 bits per heavy atom. The van der Waals surface area contributed by atoms with Crippen molar-refractivity contribution >= 4 is 5.96 Å². The molecule has 2 aromatic rings. The van der Waals surface area contributed by atoms with Crippen molar-refractivity contribution in [1.82, 2.24) is 15.2 Å². The summed E-state index contributed by atoms with van der Waals surface area (Å²) in [6.45, 7) is 3.81. The van der Waals surface area contributed by atoms with Gasteiger partial charge in [-0.3, -0.25) is 9.98 Å². The van der Waals surface area contributed by atoms with Crippen molar-refractivity contribution in [3.05, 3.63) is 59.7 Å². The predicted molar refractivity (Wildman–Crippen MR) is 98.6 cm³/mol. The van der Waals surface area contributed by atoms with Gasteiger partial charge in [-0.1, -0.05) is 12.1 Å². The van der Waals surface area contributed by atoms with Crippen LogP contribution in [0.2, 0.25) is 0 Å². The second-order valence-corrected chi connectivity index (χ2v) is 5.73. The summed E-state index contributed by atoms with van der Waals surface area (Å²) in [6.07, 6.45) is 4.58. The van der Waals surface area contributed by atoms with E-state index >= 15 is 0 Å². The molecule has 2 rings (SSSR count). The molecular weight excluding hydrogens is 319 g/mol. The van der Waals surface area contributed by atoms with Crippen LogP contribution in [0.3, 0.4) is 0 Å². The van der Waals surface area contributed by atoms with Gasteiger partial charge in [0.1, 0.15) is 6.61 Å². The minimum Gasteiger partial charge on any atom is -0.489 e. The molecule has 134 valence electrons. The van der Waals surface area contributed by atoms with Crippen molar-refractivity contribution < 1.29 is 9.13 Å². The first kappa shape index (κ1) is 18.7. The second-order valence-electron chi connectivity index (χ2n) is 5.73. The highest BCUT2D eigenvalue weighted by Crippen LogP contribution is 2.15. The zero-order chi connectivity index (χ0) is 18.1. The molecular formula is C19H25FN4O. The zero-order valence-corrected chi connectivity index (χ0v) is 15.0. The van der Waals surface area contributed by atoms with Crippen molar-refractivity contribution in [2.45, 2.75) is 13.3 Å². The number of likely N-dealkylation sites (N-methyl/N-ethyl adjacent to an activating group) is 1. The van der Waals surface area contributed by atoms with Crippen LogP contribution in [-0.2, 0) is 6.42 Å². The van der Waals surface area contributed by atoms with Gasteiger partial charge in [-0.05, 0) is 42.7 Å². The van der Waals surface area contributed by atoms with E-state index in [0.29, 0.717) is 13.2 Å². The maximum Gasteiger partial charge on any atom is 0.193 e. The molecule has 0 aliphatic carbocycles. The molecule has 0 amide bonds. The molecule has 0 bridgehead atoms. The quantitative estimate of drug-likeness (QED) is 0.620. The second kappa shape index (κ2) is 9.61. The monoisotopic (exact) mass is 344 g/mol. The Morgan fingerprint density at radius 2 is 2.12 bits per heavy atom. The van der Waals surface area contributed by atoms with E-state index in [1.807, 2.05) is 30.4 Å². The molecule has 5 nitrogen and oxygen atoms in total. The molecule has 6 heteroatoms. The number of halogens is 1. The number of nitrogens with zero attached hydrogens (tertiary/aromatic N) is 3. The van der Waals surface area contributed by atoms with E-state index in [1.165, 1.54) is 17.2 Å². The Kier molecular flexibility index (Phi) is 7.19. The normalized spacial score (nSPS) is 11.3. The van der Waals surface area contributed by atoms with E-state index in [4.69, 9.17) is 4.74 Å². The Labute approximate surface area is 148 Å². The topological polar surface area (TPSA) is 49.8 Å². The van der Waals surface area contributed by atoms with Crippen LogP contribution in [0.5, 0.6) is 5.75 Å². The van der Waals surface area contributed by atoms with Crippen molar-refractivity contribution in [3.63, 3.8) is 0 Å². The molecule has 0 saturated carbocycles. The first-order valence-electron chi connectivity index (χ1n) is 8.30. The number of rotatable bonds is 7. The summed E-state index contributed by atoms with van der Waals surface area (Å²) in [5, 5.41) is 3.33. The van der Waals surface area contributed by atoms with Gasteiger partial charge in [0, 0.05) is 33.0 Å². The van der Waals surface area contributed by atoms with Gasteiger partial charge in [0.25, 0.3) is 0 Å². The highest BCUT2D eigenvalue weighted by Gasteiger charge is 2.07. The van der Waals surface area contributed by atoms with Gasteiger partial charge in [-0.25, -0.2) is 4.39 Å².